The van der Waals surface area contributed by atoms with Gasteiger partial charge in [0.1, 0.15) is 0 Å². The summed E-state index contributed by atoms with van der Waals surface area (Å²) in [6, 6.07) is 0. The van der Waals surface area contributed by atoms with E-state index >= 15 is 0 Å². The molecule has 90 valence electrons. The van der Waals surface area contributed by atoms with E-state index in [-0.39, 0.29) is 11.9 Å². The van der Waals surface area contributed by atoms with Crippen molar-refractivity contribution in [3.63, 3.8) is 0 Å². The molecule has 0 spiro atoms. The second-order valence-corrected chi connectivity index (χ2v) is 4.35. The molecule has 0 saturated carbocycles. The molecule has 16 heavy (non-hydrogen) atoms. The quantitative estimate of drug-likeness (QED) is 0.817. The second kappa shape index (κ2) is 4.80. The number of anilines is 2. The summed E-state index contributed by atoms with van der Waals surface area (Å²) < 4.78 is 0. The molecule has 1 heterocycles. The predicted octanol–water partition coefficient (Wildman–Crippen LogP) is 0.774. The SMILES string of the molecule is CNc1nc(Cl)nc(N(C)C(C)(C)CO)n1. The molecule has 0 atom stereocenters. The highest BCUT2D eigenvalue weighted by Crippen LogP contribution is 2.20. The summed E-state index contributed by atoms with van der Waals surface area (Å²) in [5.74, 6) is 0.819. The Hall–Kier alpha value is -1.14. The number of hydrogen-bond acceptors (Lipinski definition) is 6. The van der Waals surface area contributed by atoms with E-state index in [2.05, 4.69) is 20.3 Å². The van der Waals surface area contributed by atoms with E-state index in [0.29, 0.717) is 11.9 Å². The first-order valence-corrected chi connectivity index (χ1v) is 5.22. The molecule has 0 amide bonds. The van der Waals surface area contributed by atoms with Gasteiger partial charge in [-0.15, -0.1) is 0 Å². The number of nitrogens with zero attached hydrogens (tertiary/aromatic N) is 4. The van der Waals surface area contributed by atoms with Gasteiger partial charge in [-0.3, -0.25) is 0 Å². The molecule has 0 saturated heterocycles. The van der Waals surface area contributed by atoms with Crippen LogP contribution in [0.3, 0.4) is 0 Å². The lowest BCUT2D eigenvalue weighted by molar-refractivity contribution is 0.215. The molecule has 0 aromatic carbocycles. The van der Waals surface area contributed by atoms with Crippen LogP contribution in [-0.4, -0.2) is 46.3 Å². The summed E-state index contributed by atoms with van der Waals surface area (Å²) >= 11 is 5.77. The van der Waals surface area contributed by atoms with Crippen molar-refractivity contribution in [3.05, 3.63) is 5.28 Å². The lowest BCUT2D eigenvalue weighted by atomic mass is 10.1. The molecule has 1 rings (SSSR count). The normalized spacial score (nSPS) is 11.4. The van der Waals surface area contributed by atoms with Crippen LogP contribution in [0.2, 0.25) is 5.28 Å². The van der Waals surface area contributed by atoms with E-state index < -0.39 is 5.54 Å². The van der Waals surface area contributed by atoms with Gasteiger partial charge in [0.25, 0.3) is 0 Å². The zero-order valence-corrected chi connectivity index (χ0v) is 10.6. The summed E-state index contributed by atoms with van der Waals surface area (Å²) in [5.41, 5.74) is -0.463. The van der Waals surface area contributed by atoms with E-state index in [4.69, 9.17) is 11.6 Å². The zero-order valence-electron chi connectivity index (χ0n) is 9.82. The molecule has 0 radical (unpaired) electrons. The van der Waals surface area contributed by atoms with Gasteiger partial charge in [0.05, 0.1) is 12.1 Å². The number of nitrogens with one attached hydrogen (secondary N) is 1. The Labute approximate surface area is 99.7 Å². The number of hydrogen-bond donors (Lipinski definition) is 2. The number of aromatic nitrogens is 3. The summed E-state index contributed by atoms with van der Waals surface area (Å²) in [6.07, 6.45) is 0. The highest BCUT2D eigenvalue weighted by molar-refractivity contribution is 6.28. The molecule has 0 unspecified atom stereocenters. The van der Waals surface area contributed by atoms with Crippen molar-refractivity contribution >= 4 is 23.5 Å². The first-order valence-electron chi connectivity index (χ1n) is 4.84. The second-order valence-electron chi connectivity index (χ2n) is 4.01. The molecule has 0 aliphatic heterocycles. The smallest absolute Gasteiger partial charge is 0.231 e. The number of aliphatic hydroxyl groups excluding tert-OH is 1. The van der Waals surface area contributed by atoms with Crippen molar-refractivity contribution in [1.82, 2.24) is 15.0 Å². The maximum Gasteiger partial charge on any atom is 0.231 e. The number of halogens is 1. The Kier molecular flexibility index (Phi) is 3.88. The Bertz CT molecular complexity index is 371. The van der Waals surface area contributed by atoms with E-state index in [0.717, 1.165) is 0 Å². The molecule has 0 aliphatic rings. The standard InChI is InChI=1S/C9H16ClN5O/c1-9(2,5-16)15(4)8-13-6(10)12-7(11-3)14-8/h16H,5H2,1-4H3,(H,11,12,13,14). The molecule has 1 aromatic heterocycles. The molecule has 0 fully saturated rings. The van der Waals surface area contributed by atoms with E-state index in [1.807, 2.05) is 13.8 Å². The monoisotopic (exact) mass is 245 g/mol. The Balaban J connectivity index is 3.08. The van der Waals surface area contributed by atoms with Gasteiger partial charge < -0.3 is 15.3 Å². The lowest BCUT2D eigenvalue weighted by Crippen LogP contribution is -2.45. The van der Waals surface area contributed by atoms with Crippen LogP contribution in [0.4, 0.5) is 11.9 Å². The van der Waals surface area contributed by atoms with Crippen LogP contribution in [0.25, 0.3) is 0 Å². The molecule has 0 bridgehead atoms. The summed E-state index contributed by atoms with van der Waals surface area (Å²) in [5, 5.41) is 12.2. The third kappa shape index (κ3) is 2.70. The van der Waals surface area contributed by atoms with Crippen molar-refractivity contribution in [2.75, 3.05) is 30.9 Å². The van der Waals surface area contributed by atoms with Crippen LogP contribution in [0.15, 0.2) is 0 Å². The number of likely N-dealkylation sites (N-methyl/N-ethyl adjacent to an activating group) is 1. The van der Waals surface area contributed by atoms with Gasteiger partial charge in [0.15, 0.2) is 0 Å². The third-order valence-electron chi connectivity index (χ3n) is 2.41. The molecule has 0 aliphatic carbocycles. The minimum absolute atomic E-state index is 0.0122. The first-order chi connectivity index (χ1) is 7.40. The minimum atomic E-state index is -0.463. The van der Waals surface area contributed by atoms with Gasteiger partial charge in [-0.25, -0.2) is 0 Å². The third-order valence-corrected chi connectivity index (χ3v) is 2.58. The lowest BCUT2D eigenvalue weighted by Gasteiger charge is -2.33. The summed E-state index contributed by atoms with van der Waals surface area (Å²) in [7, 11) is 3.49. The number of rotatable bonds is 4. The van der Waals surface area contributed by atoms with Gasteiger partial charge >= 0.3 is 0 Å². The first kappa shape index (κ1) is 12.9. The average Bonchev–Trinajstić information content (AvgIpc) is 2.27. The Morgan fingerprint density at radius 2 is 2.00 bits per heavy atom. The van der Waals surface area contributed by atoms with Gasteiger partial charge in [-0.2, -0.15) is 15.0 Å². The Morgan fingerprint density at radius 3 is 2.50 bits per heavy atom. The van der Waals surface area contributed by atoms with Gasteiger partial charge in [0.2, 0.25) is 17.2 Å². The van der Waals surface area contributed by atoms with E-state index in [1.54, 1.807) is 19.0 Å². The molecule has 2 N–H and O–H groups in total. The molecular weight excluding hydrogens is 230 g/mol. The van der Waals surface area contributed by atoms with Crippen LogP contribution in [0, 0.1) is 0 Å². The fourth-order valence-corrected chi connectivity index (χ4v) is 1.13. The largest absolute Gasteiger partial charge is 0.394 e. The highest BCUT2D eigenvalue weighted by atomic mass is 35.5. The summed E-state index contributed by atoms with van der Waals surface area (Å²) in [6.45, 7) is 3.75. The van der Waals surface area contributed by atoms with Crippen molar-refractivity contribution in [3.8, 4) is 0 Å². The van der Waals surface area contributed by atoms with Crippen LogP contribution in [0.5, 0.6) is 0 Å². The minimum Gasteiger partial charge on any atom is -0.394 e. The molecule has 6 nitrogen and oxygen atoms in total. The van der Waals surface area contributed by atoms with Crippen LogP contribution in [0.1, 0.15) is 13.8 Å². The predicted molar refractivity (Wildman–Crippen MR) is 64.0 cm³/mol. The van der Waals surface area contributed by atoms with Gasteiger partial charge in [-0.05, 0) is 25.4 Å². The van der Waals surface area contributed by atoms with Crippen molar-refractivity contribution in [1.29, 1.82) is 0 Å². The van der Waals surface area contributed by atoms with Crippen LogP contribution in [-0.2, 0) is 0 Å². The highest BCUT2D eigenvalue weighted by Gasteiger charge is 2.25. The number of aliphatic hydroxyl groups is 1. The molecule has 1 aromatic rings. The Morgan fingerprint density at radius 1 is 1.38 bits per heavy atom. The summed E-state index contributed by atoms with van der Waals surface area (Å²) in [4.78, 5) is 13.8. The van der Waals surface area contributed by atoms with Crippen molar-refractivity contribution in [2.45, 2.75) is 19.4 Å². The van der Waals surface area contributed by atoms with Crippen LogP contribution >= 0.6 is 11.6 Å². The zero-order chi connectivity index (χ0) is 12.3. The fourth-order valence-electron chi connectivity index (χ4n) is 0.978. The van der Waals surface area contributed by atoms with Gasteiger partial charge in [0, 0.05) is 14.1 Å². The maximum atomic E-state index is 9.26. The fraction of sp³-hybridized carbons (Fsp3) is 0.667. The average molecular weight is 246 g/mol. The van der Waals surface area contributed by atoms with Crippen molar-refractivity contribution in [2.24, 2.45) is 0 Å². The topological polar surface area (TPSA) is 74.2 Å². The van der Waals surface area contributed by atoms with Crippen LogP contribution < -0.4 is 10.2 Å². The van der Waals surface area contributed by atoms with E-state index in [9.17, 15) is 5.11 Å². The van der Waals surface area contributed by atoms with Gasteiger partial charge in [-0.1, -0.05) is 0 Å². The van der Waals surface area contributed by atoms with Crippen molar-refractivity contribution < 1.29 is 5.11 Å². The maximum absolute atomic E-state index is 9.26. The molecule has 7 heteroatoms. The van der Waals surface area contributed by atoms with E-state index in [1.165, 1.54) is 0 Å². The molecular formula is C9H16ClN5O.